The fraction of sp³-hybridized carbons (Fsp3) is 1.00. The number of halogens is 1. The fourth-order valence-electron chi connectivity index (χ4n) is 1.35. The predicted molar refractivity (Wildman–Crippen MR) is 47.2 cm³/mol. The molecule has 2 heteroatoms. The smallest absolute Gasteiger partial charge is 0.100 e. The van der Waals surface area contributed by atoms with Crippen molar-refractivity contribution in [1.82, 2.24) is 0 Å². The average molecular weight is 161 g/mol. The number of rotatable bonds is 5. The lowest BCUT2D eigenvalue weighted by atomic mass is 9.91. The molecule has 0 fully saturated rings. The molecule has 0 saturated carbocycles. The summed E-state index contributed by atoms with van der Waals surface area (Å²) in [6, 6.07) is 0. The van der Waals surface area contributed by atoms with Gasteiger partial charge in [0.15, 0.2) is 0 Å². The first kappa shape index (κ1) is 10.9. The Hall–Kier alpha value is -0.110. The third-order valence-electron chi connectivity index (χ3n) is 1.96. The van der Waals surface area contributed by atoms with Gasteiger partial charge in [0.05, 0.1) is 0 Å². The highest BCUT2D eigenvalue weighted by Gasteiger charge is 2.16. The van der Waals surface area contributed by atoms with Crippen molar-refractivity contribution in [3.8, 4) is 0 Å². The molecule has 1 nitrogen and oxygen atoms in total. The van der Waals surface area contributed by atoms with Gasteiger partial charge < -0.3 is 5.73 Å². The van der Waals surface area contributed by atoms with E-state index in [2.05, 4.69) is 13.8 Å². The molecule has 0 rings (SSSR count). The molecule has 0 saturated heterocycles. The zero-order valence-corrected chi connectivity index (χ0v) is 7.81. The van der Waals surface area contributed by atoms with Gasteiger partial charge in [0.25, 0.3) is 0 Å². The fourth-order valence-corrected chi connectivity index (χ4v) is 1.35. The van der Waals surface area contributed by atoms with Crippen LogP contribution < -0.4 is 5.73 Å². The second-order valence-electron chi connectivity index (χ2n) is 3.64. The first-order chi connectivity index (χ1) is 5.07. The number of alkyl halides is 1. The topological polar surface area (TPSA) is 26.0 Å². The average Bonchev–Trinajstić information content (AvgIpc) is 1.86. The van der Waals surface area contributed by atoms with Gasteiger partial charge in [-0.2, -0.15) is 0 Å². The molecular formula is C9H20FN. The SMILES string of the molecule is CC(C)CC(CCN)C(C)F. The first-order valence-electron chi connectivity index (χ1n) is 4.42. The lowest BCUT2D eigenvalue weighted by Crippen LogP contribution is -2.18. The molecule has 0 heterocycles. The summed E-state index contributed by atoms with van der Waals surface area (Å²) in [4.78, 5) is 0. The van der Waals surface area contributed by atoms with Crippen molar-refractivity contribution in [3.63, 3.8) is 0 Å². The van der Waals surface area contributed by atoms with Gasteiger partial charge in [-0.1, -0.05) is 13.8 Å². The van der Waals surface area contributed by atoms with E-state index in [1.54, 1.807) is 6.92 Å². The van der Waals surface area contributed by atoms with Crippen LogP contribution in [0.15, 0.2) is 0 Å². The van der Waals surface area contributed by atoms with E-state index in [1.807, 2.05) is 0 Å². The first-order valence-corrected chi connectivity index (χ1v) is 4.42. The van der Waals surface area contributed by atoms with Gasteiger partial charge >= 0.3 is 0 Å². The molecule has 0 aromatic carbocycles. The molecule has 0 bridgehead atoms. The van der Waals surface area contributed by atoms with Crippen molar-refractivity contribution in [2.45, 2.75) is 39.8 Å². The van der Waals surface area contributed by atoms with Crippen molar-refractivity contribution in [2.75, 3.05) is 6.54 Å². The zero-order chi connectivity index (χ0) is 8.85. The highest BCUT2D eigenvalue weighted by Crippen LogP contribution is 2.20. The summed E-state index contributed by atoms with van der Waals surface area (Å²) in [5.74, 6) is 0.741. The second kappa shape index (κ2) is 5.53. The van der Waals surface area contributed by atoms with Crippen LogP contribution in [0.1, 0.15) is 33.6 Å². The van der Waals surface area contributed by atoms with Gasteiger partial charge in [0.2, 0.25) is 0 Å². The van der Waals surface area contributed by atoms with Crippen LogP contribution in [0.2, 0.25) is 0 Å². The minimum absolute atomic E-state index is 0.167. The van der Waals surface area contributed by atoms with Crippen molar-refractivity contribution in [3.05, 3.63) is 0 Å². The molecule has 0 aliphatic carbocycles. The maximum absolute atomic E-state index is 12.9. The molecule has 68 valence electrons. The van der Waals surface area contributed by atoms with Crippen LogP contribution in [0.3, 0.4) is 0 Å². The minimum atomic E-state index is -0.707. The summed E-state index contributed by atoms with van der Waals surface area (Å²) in [6.45, 7) is 6.46. The van der Waals surface area contributed by atoms with Crippen LogP contribution in [0.25, 0.3) is 0 Å². The minimum Gasteiger partial charge on any atom is -0.330 e. The number of nitrogens with two attached hydrogens (primary N) is 1. The third kappa shape index (κ3) is 5.19. The summed E-state index contributed by atoms with van der Waals surface area (Å²) >= 11 is 0. The van der Waals surface area contributed by atoms with Crippen molar-refractivity contribution in [2.24, 2.45) is 17.6 Å². The number of hydrogen-bond donors (Lipinski definition) is 1. The van der Waals surface area contributed by atoms with Crippen LogP contribution in [-0.4, -0.2) is 12.7 Å². The molecule has 0 aliphatic rings. The summed E-state index contributed by atoms with van der Waals surface area (Å²) in [5, 5.41) is 0. The van der Waals surface area contributed by atoms with E-state index in [-0.39, 0.29) is 5.92 Å². The maximum Gasteiger partial charge on any atom is 0.100 e. The highest BCUT2D eigenvalue weighted by molar-refractivity contribution is 4.67. The van der Waals surface area contributed by atoms with Gasteiger partial charge in [-0.3, -0.25) is 0 Å². The Balaban J connectivity index is 3.69. The van der Waals surface area contributed by atoms with Crippen molar-refractivity contribution in [1.29, 1.82) is 0 Å². The Morgan fingerprint density at radius 1 is 1.27 bits per heavy atom. The van der Waals surface area contributed by atoms with E-state index in [0.29, 0.717) is 12.5 Å². The van der Waals surface area contributed by atoms with Gasteiger partial charge in [-0.15, -0.1) is 0 Å². The monoisotopic (exact) mass is 161 g/mol. The van der Waals surface area contributed by atoms with Crippen LogP contribution >= 0.6 is 0 Å². The van der Waals surface area contributed by atoms with E-state index < -0.39 is 6.17 Å². The lowest BCUT2D eigenvalue weighted by Gasteiger charge is -2.19. The molecule has 0 aromatic heterocycles. The third-order valence-corrected chi connectivity index (χ3v) is 1.96. The van der Waals surface area contributed by atoms with E-state index in [0.717, 1.165) is 12.8 Å². The number of hydrogen-bond acceptors (Lipinski definition) is 1. The van der Waals surface area contributed by atoms with Crippen LogP contribution in [0.5, 0.6) is 0 Å². The Kier molecular flexibility index (Phi) is 5.47. The molecule has 0 radical (unpaired) electrons. The molecule has 2 N–H and O–H groups in total. The van der Waals surface area contributed by atoms with E-state index >= 15 is 0 Å². The van der Waals surface area contributed by atoms with Crippen LogP contribution in [0, 0.1) is 11.8 Å². The summed E-state index contributed by atoms with van der Waals surface area (Å²) in [7, 11) is 0. The van der Waals surface area contributed by atoms with E-state index in [1.165, 1.54) is 0 Å². The molecule has 0 amide bonds. The Morgan fingerprint density at radius 3 is 2.09 bits per heavy atom. The molecule has 0 spiro atoms. The Labute approximate surface area is 69.2 Å². The molecule has 0 aliphatic heterocycles. The molecule has 0 aromatic rings. The second-order valence-corrected chi connectivity index (χ2v) is 3.64. The summed E-state index contributed by atoms with van der Waals surface area (Å²) < 4.78 is 12.9. The Bertz CT molecular complexity index is 91.6. The van der Waals surface area contributed by atoms with Crippen LogP contribution in [-0.2, 0) is 0 Å². The Morgan fingerprint density at radius 2 is 1.82 bits per heavy atom. The van der Waals surface area contributed by atoms with Gasteiger partial charge in [0, 0.05) is 0 Å². The van der Waals surface area contributed by atoms with E-state index in [4.69, 9.17) is 5.73 Å². The lowest BCUT2D eigenvalue weighted by molar-refractivity contribution is 0.210. The molecule has 11 heavy (non-hydrogen) atoms. The molecule has 2 unspecified atom stereocenters. The largest absolute Gasteiger partial charge is 0.330 e. The molecular weight excluding hydrogens is 141 g/mol. The predicted octanol–water partition coefficient (Wildman–Crippen LogP) is 2.36. The van der Waals surface area contributed by atoms with Crippen molar-refractivity contribution < 1.29 is 4.39 Å². The normalized spacial score (nSPS) is 16.9. The van der Waals surface area contributed by atoms with Crippen molar-refractivity contribution >= 4 is 0 Å². The summed E-state index contributed by atoms with van der Waals surface area (Å²) in [6.07, 6.45) is 1.06. The molecule has 2 atom stereocenters. The van der Waals surface area contributed by atoms with Crippen LogP contribution in [0.4, 0.5) is 4.39 Å². The van der Waals surface area contributed by atoms with Gasteiger partial charge in [-0.05, 0) is 38.1 Å². The highest BCUT2D eigenvalue weighted by atomic mass is 19.1. The quantitative estimate of drug-likeness (QED) is 0.658. The van der Waals surface area contributed by atoms with Gasteiger partial charge in [0.1, 0.15) is 6.17 Å². The van der Waals surface area contributed by atoms with E-state index in [9.17, 15) is 4.39 Å². The standard InChI is InChI=1S/C9H20FN/c1-7(2)6-9(4-5-11)8(3)10/h7-9H,4-6,11H2,1-3H3. The maximum atomic E-state index is 12.9. The summed E-state index contributed by atoms with van der Waals surface area (Å²) in [5.41, 5.74) is 5.38. The zero-order valence-electron chi connectivity index (χ0n) is 7.81. The van der Waals surface area contributed by atoms with Gasteiger partial charge in [-0.25, -0.2) is 4.39 Å².